The Balaban J connectivity index is 1.72. The monoisotopic (exact) mass is 311 g/mol. The summed E-state index contributed by atoms with van der Waals surface area (Å²) in [5, 5.41) is 0. The van der Waals surface area contributed by atoms with Crippen molar-refractivity contribution in [3.63, 3.8) is 0 Å². The summed E-state index contributed by atoms with van der Waals surface area (Å²) in [5.41, 5.74) is 1.55. The number of hydrogen-bond donors (Lipinski definition) is 0. The molecule has 1 atom stereocenters. The Morgan fingerprint density at radius 3 is 2.70 bits per heavy atom. The molecular formula is C20H29N3. The number of aromatic nitrogens is 2. The summed E-state index contributed by atoms with van der Waals surface area (Å²) < 4.78 is 2.36. The van der Waals surface area contributed by atoms with Crippen molar-refractivity contribution in [2.45, 2.75) is 51.6 Å². The van der Waals surface area contributed by atoms with E-state index in [0.29, 0.717) is 5.92 Å². The van der Waals surface area contributed by atoms with Crippen LogP contribution >= 0.6 is 0 Å². The van der Waals surface area contributed by atoms with Crippen LogP contribution in [0.15, 0.2) is 49.1 Å². The molecule has 1 fully saturated rings. The fraction of sp³-hybridized carbons (Fsp3) is 0.550. The first-order valence-electron chi connectivity index (χ1n) is 9.01. The Morgan fingerprint density at radius 1 is 1.17 bits per heavy atom. The minimum absolute atomic E-state index is 0.103. The zero-order chi connectivity index (χ0) is 16.1. The lowest BCUT2D eigenvalue weighted by Gasteiger charge is -2.51. The molecule has 3 nitrogen and oxygen atoms in total. The van der Waals surface area contributed by atoms with E-state index in [1.54, 1.807) is 0 Å². The van der Waals surface area contributed by atoms with Crippen LogP contribution in [0.25, 0.3) is 0 Å². The minimum Gasteiger partial charge on any atom is -0.318 e. The van der Waals surface area contributed by atoms with Gasteiger partial charge in [0, 0.05) is 25.5 Å². The highest BCUT2D eigenvalue weighted by molar-refractivity contribution is 5.14. The maximum absolute atomic E-state index is 4.32. The number of piperidine rings is 1. The van der Waals surface area contributed by atoms with Crippen molar-refractivity contribution in [3.05, 3.63) is 54.6 Å². The number of hydrogen-bond acceptors (Lipinski definition) is 2. The number of imidazole rings is 1. The highest BCUT2D eigenvalue weighted by Crippen LogP contribution is 2.39. The topological polar surface area (TPSA) is 21.1 Å². The molecule has 0 amide bonds. The summed E-state index contributed by atoms with van der Waals surface area (Å²) in [6, 6.07) is 10.8. The summed E-state index contributed by atoms with van der Waals surface area (Å²) in [4.78, 5) is 7.04. The van der Waals surface area contributed by atoms with Gasteiger partial charge in [0.05, 0.1) is 6.33 Å². The van der Waals surface area contributed by atoms with E-state index in [0.717, 1.165) is 13.0 Å². The van der Waals surface area contributed by atoms with Gasteiger partial charge in [-0.15, -0.1) is 0 Å². The van der Waals surface area contributed by atoms with Crippen molar-refractivity contribution in [3.8, 4) is 0 Å². The normalized spacial score (nSPS) is 22.6. The van der Waals surface area contributed by atoms with Gasteiger partial charge in [-0.05, 0) is 43.6 Å². The van der Waals surface area contributed by atoms with Crippen molar-refractivity contribution in [2.24, 2.45) is 5.92 Å². The molecule has 0 bridgehead atoms. The lowest BCUT2D eigenvalue weighted by Crippen LogP contribution is -2.56. The van der Waals surface area contributed by atoms with Gasteiger partial charge < -0.3 is 4.57 Å². The second kappa shape index (κ2) is 7.31. The van der Waals surface area contributed by atoms with Gasteiger partial charge in [-0.3, -0.25) is 4.90 Å². The molecule has 1 unspecified atom stereocenters. The fourth-order valence-corrected chi connectivity index (χ4v) is 4.20. The van der Waals surface area contributed by atoms with Crippen molar-refractivity contribution in [2.75, 3.05) is 13.1 Å². The number of benzene rings is 1. The first-order valence-corrected chi connectivity index (χ1v) is 9.01. The number of rotatable bonds is 6. The predicted molar refractivity (Wildman–Crippen MR) is 95.2 cm³/mol. The van der Waals surface area contributed by atoms with Crippen LogP contribution in [0.1, 0.15) is 45.1 Å². The molecule has 23 heavy (non-hydrogen) atoms. The zero-order valence-electron chi connectivity index (χ0n) is 14.5. The maximum atomic E-state index is 4.32. The van der Waals surface area contributed by atoms with Gasteiger partial charge in [0.1, 0.15) is 5.66 Å². The number of aryl methyl sites for hydroxylation is 1. The molecule has 1 aliphatic heterocycles. The Hall–Kier alpha value is -1.61. The van der Waals surface area contributed by atoms with Crippen molar-refractivity contribution in [1.82, 2.24) is 14.5 Å². The third-order valence-corrected chi connectivity index (χ3v) is 5.38. The standard InChI is InChI=1S/C20H29N3/c1-18(2)20(23-16-13-21-17-23)12-6-7-14-22(20)15-8-11-19-9-4-3-5-10-19/h3-5,9-10,13,16-18H,6-8,11-12,14-15H2,1-2H3. The average Bonchev–Trinajstić information content (AvgIpc) is 3.11. The average molecular weight is 311 g/mol. The molecule has 124 valence electrons. The molecule has 1 aromatic heterocycles. The van der Waals surface area contributed by atoms with E-state index in [1.165, 1.54) is 37.8 Å². The van der Waals surface area contributed by atoms with Crippen LogP contribution in [0, 0.1) is 5.92 Å². The molecule has 0 N–H and O–H groups in total. The van der Waals surface area contributed by atoms with Crippen LogP contribution in [0.3, 0.4) is 0 Å². The lowest BCUT2D eigenvalue weighted by molar-refractivity contribution is -0.0578. The van der Waals surface area contributed by atoms with Gasteiger partial charge in [0.2, 0.25) is 0 Å². The second-order valence-corrected chi connectivity index (χ2v) is 7.04. The van der Waals surface area contributed by atoms with Crippen LogP contribution in [0.2, 0.25) is 0 Å². The van der Waals surface area contributed by atoms with Gasteiger partial charge in [-0.1, -0.05) is 44.2 Å². The van der Waals surface area contributed by atoms with Crippen LogP contribution in [-0.2, 0) is 12.1 Å². The smallest absolute Gasteiger partial charge is 0.101 e. The summed E-state index contributed by atoms with van der Waals surface area (Å²) in [5.74, 6) is 0.578. The van der Waals surface area contributed by atoms with Crippen molar-refractivity contribution in [1.29, 1.82) is 0 Å². The minimum atomic E-state index is 0.103. The molecule has 0 spiro atoms. The first-order chi connectivity index (χ1) is 11.2. The highest BCUT2D eigenvalue weighted by atomic mass is 15.4. The largest absolute Gasteiger partial charge is 0.318 e. The van der Waals surface area contributed by atoms with Crippen LogP contribution in [0.4, 0.5) is 0 Å². The van der Waals surface area contributed by atoms with Crippen LogP contribution < -0.4 is 0 Å². The zero-order valence-corrected chi connectivity index (χ0v) is 14.5. The summed E-state index contributed by atoms with van der Waals surface area (Å²) in [7, 11) is 0. The van der Waals surface area contributed by atoms with E-state index in [2.05, 4.69) is 64.8 Å². The van der Waals surface area contributed by atoms with Gasteiger partial charge in [0.15, 0.2) is 0 Å². The Morgan fingerprint density at radius 2 is 2.00 bits per heavy atom. The molecular weight excluding hydrogens is 282 g/mol. The third-order valence-electron chi connectivity index (χ3n) is 5.38. The van der Waals surface area contributed by atoms with E-state index in [1.807, 2.05) is 12.5 Å². The molecule has 0 aliphatic carbocycles. The molecule has 2 heterocycles. The first kappa shape index (κ1) is 16.3. The van der Waals surface area contributed by atoms with E-state index in [-0.39, 0.29) is 5.66 Å². The molecule has 1 aromatic carbocycles. The molecule has 1 aliphatic rings. The lowest BCUT2D eigenvalue weighted by atomic mass is 9.84. The summed E-state index contributed by atoms with van der Waals surface area (Å²) >= 11 is 0. The molecule has 3 rings (SSSR count). The van der Waals surface area contributed by atoms with Crippen LogP contribution in [-0.4, -0.2) is 27.5 Å². The van der Waals surface area contributed by atoms with E-state index >= 15 is 0 Å². The predicted octanol–water partition coefficient (Wildman–Crippen LogP) is 4.31. The third kappa shape index (κ3) is 3.35. The Labute approximate surface area is 140 Å². The Kier molecular flexibility index (Phi) is 5.16. The fourth-order valence-electron chi connectivity index (χ4n) is 4.20. The van der Waals surface area contributed by atoms with Crippen molar-refractivity contribution < 1.29 is 0 Å². The van der Waals surface area contributed by atoms with Gasteiger partial charge >= 0.3 is 0 Å². The van der Waals surface area contributed by atoms with E-state index < -0.39 is 0 Å². The molecule has 1 saturated heterocycles. The van der Waals surface area contributed by atoms with Crippen molar-refractivity contribution >= 4 is 0 Å². The number of likely N-dealkylation sites (tertiary alicyclic amines) is 1. The highest BCUT2D eigenvalue weighted by Gasteiger charge is 2.42. The summed E-state index contributed by atoms with van der Waals surface area (Å²) in [6.07, 6.45) is 12.3. The molecule has 3 heteroatoms. The van der Waals surface area contributed by atoms with E-state index in [9.17, 15) is 0 Å². The molecule has 2 aromatic rings. The summed E-state index contributed by atoms with van der Waals surface area (Å²) in [6.45, 7) is 7.07. The van der Waals surface area contributed by atoms with E-state index in [4.69, 9.17) is 0 Å². The molecule has 0 radical (unpaired) electrons. The number of nitrogens with zero attached hydrogens (tertiary/aromatic N) is 3. The molecule has 0 saturated carbocycles. The maximum Gasteiger partial charge on any atom is 0.101 e. The SMILES string of the molecule is CC(C)C1(n2ccnc2)CCCCN1CCCc1ccccc1. The van der Waals surface area contributed by atoms with Crippen LogP contribution in [0.5, 0.6) is 0 Å². The van der Waals surface area contributed by atoms with Gasteiger partial charge in [-0.25, -0.2) is 4.98 Å². The van der Waals surface area contributed by atoms with Gasteiger partial charge in [0.25, 0.3) is 0 Å². The second-order valence-electron chi connectivity index (χ2n) is 7.04. The quantitative estimate of drug-likeness (QED) is 0.792. The Bertz CT molecular complexity index is 576. The van der Waals surface area contributed by atoms with Gasteiger partial charge in [-0.2, -0.15) is 0 Å².